The average Bonchev–Trinajstić information content (AvgIpc) is 2.90. The number of carbonyl (C=O) groups is 1. The second-order valence-corrected chi connectivity index (χ2v) is 6.70. The summed E-state index contributed by atoms with van der Waals surface area (Å²) < 4.78 is 7.69. The summed E-state index contributed by atoms with van der Waals surface area (Å²) in [5, 5.41) is 3.00. The normalized spacial score (nSPS) is 22.0. The third kappa shape index (κ3) is 4.13. The summed E-state index contributed by atoms with van der Waals surface area (Å²) in [6.07, 6.45) is 4.71. The van der Waals surface area contributed by atoms with Gasteiger partial charge in [-0.2, -0.15) is 0 Å². The fourth-order valence-electron chi connectivity index (χ4n) is 3.34. The molecule has 130 valence electrons. The number of morpholine rings is 1. The lowest BCUT2D eigenvalue weighted by molar-refractivity contribution is -0.120. The lowest BCUT2D eigenvalue weighted by Crippen LogP contribution is -2.48. The Labute approximate surface area is 142 Å². The molecule has 24 heavy (non-hydrogen) atoms. The summed E-state index contributed by atoms with van der Waals surface area (Å²) in [7, 11) is 0. The van der Waals surface area contributed by atoms with Gasteiger partial charge in [-0.3, -0.25) is 9.69 Å². The molecule has 0 aliphatic carbocycles. The molecule has 6 nitrogen and oxygen atoms in total. The summed E-state index contributed by atoms with van der Waals surface area (Å²) in [5.74, 6) is 0.0189. The van der Waals surface area contributed by atoms with Gasteiger partial charge in [0.05, 0.1) is 24.3 Å². The summed E-state index contributed by atoms with van der Waals surface area (Å²) >= 11 is 0. The second-order valence-electron chi connectivity index (χ2n) is 6.70. The van der Waals surface area contributed by atoms with Crippen LogP contribution in [0.5, 0.6) is 0 Å². The first-order valence-corrected chi connectivity index (χ1v) is 8.59. The van der Waals surface area contributed by atoms with Crippen molar-refractivity contribution in [2.45, 2.75) is 39.4 Å². The van der Waals surface area contributed by atoms with Gasteiger partial charge in [-0.25, -0.2) is 4.98 Å². The first kappa shape index (κ1) is 16.9. The highest BCUT2D eigenvalue weighted by atomic mass is 16.5. The predicted molar refractivity (Wildman–Crippen MR) is 93.1 cm³/mol. The van der Waals surface area contributed by atoms with E-state index in [1.54, 1.807) is 0 Å². The van der Waals surface area contributed by atoms with Gasteiger partial charge in [0, 0.05) is 38.6 Å². The number of carbonyl (C=O) groups excluding carboxylic acids is 1. The highest BCUT2D eigenvalue weighted by Crippen LogP contribution is 2.11. The van der Waals surface area contributed by atoms with Crippen molar-refractivity contribution in [3.63, 3.8) is 0 Å². The van der Waals surface area contributed by atoms with Gasteiger partial charge in [0.25, 0.3) is 0 Å². The Bertz CT molecular complexity index is 702. The molecule has 1 aliphatic heterocycles. The molecule has 1 N–H and O–H groups in total. The van der Waals surface area contributed by atoms with Gasteiger partial charge < -0.3 is 14.5 Å². The molecular formula is C18H26N4O2. The second kappa shape index (κ2) is 7.32. The molecule has 1 amide bonds. The van der Waals surface area contributed by atoms with E-state index < -0.39 is 0 Å². The van der Waals surface area contributed by atoms with Crippen LogP contribution in [0.4, 0.5) is 0 Å². The number of nitrogens with one attached hydrogen (secondary N) is 1. The fraction of sp³-hybridized carbons (Fsp3) is 0.556. The van der Waals surface area contributed by atoms with E-state index in [-0.39, 0.29) is 18.1 Å². The van der Waals surface area contributed by atoms with Crippen LogP contribution in [-0.4, -0.2) is 58.6 Å². The van der Waals surface area contributed by atoms with Crippen LogP contribution < -0.4 is 5.32 Å². The number of amides is 1. The highest BCUT2D eigenvalue weighted by molar-refractivity contribution is 5.78. The summed E-state index contributed by atoms with van der Waals surface area (Å²) in [5.41, 5.74) is 2.83. The van der Waals surface area contributed by atoms with Crippen LogP contribution in [-0.2, 0) is 16.0 Å². The van der Waals surface area contributed by atoms with Crippen LogP contribution in [0.3, 0.4) is 0 Å². The zero-order chi connectivity index (χ0) is 17.1. The van der Waals surface area contributed by atoms with Crippen molar-refractivity contribution in [3.8, 4) is 0 Å². The Morgan fingerprint density at radius 3 is 2.83 bits per heavy atom. The predicted octanol–water partition coefficient (Wildman–Crippen LogP) is 1.41. The number of pyridine rings is 1. The summed E-state index contributed by atoms with van der Waals surface area (Å²) in [6.45, 7) is 9.56. The lowest BCUT2D eigenvalue weighted by Gasteiger charge is -2.35. The van der Waals surface area contributed by atoms with Crippen molar-refractivity contribution < 1.29 is 9.53 Å². The summed E-state index contributed by atoms with van der Waals surface area (Å²) in [6, 6.07) is 4.01. The van der Waals surface area contributed by atoms with E-state index in [1.165, 1.54) is 0 Å². The Kier molecular flexibility index (Phi) is 5.16. The van der Waals surface area contributed by atoms with Crippen molar-refractivity contribution >= 4 is 11.6 Å². The Hall–Kier alpha value is -1.92. The number of ether oxygens (including phenoxy) is 1. The molecule has 2 aromatic heterocycles. The van der Waals surface area contributed by atoms with E-state index in [1.807, 2.05) is 35.9 Å². The molecule has 0 aromatic carbocycles. The first-order chi connectivity index (χ1) is 11.5. The third-order valence-electron chi connectivity index (χ3n) is 4.31. The largest absolute Gasteiger partial charge is 0.373 e. The maximum Gasteiger partial charge on any atom is 0.226 e. The van der Waals surface area contributed by atoms with Gasteiger partial charge >= 0.3 is 0 Å². The zero-order valence-electron chi connectivity index (χ0n) is 14.7. The van der Waals surface area contributed by atoms with E-state index in [4.69, 9.17) is 4.74 Å². The highest BCUT2D eigenvalue weighted by Gasteiger charge is 2.21. The standard InChI is InChI=1S/C18H26N4O2/c1-13-5-4-7-22-12-16(20-18(13)22)9-17(23)19-6-8-21-10-14(2)24-15(3)11-21/h4-5,7,12,14-15H,6,8-11H2,1-3H3,(H,19,23)/t14-,15+. The molecule has 3 rings (SSSR count). The number of imidazole rings is 1. The molecule has 0 saturated carbocycles. The van der Waals surface area contributed by atoms with Gasteiger partial charge in [-0.1, -0.05) is 6.07 Å². The number of hydrogen-bond donors (Lipinski definition) is 1. The number of hydrogen-bond acceptors (Lipinski definition) is 4. The van der Waals surface area contributed by atoms with Crippen molar-refractivity contribution in [1.82, 2.24) is 19.6 Å². The molecule has 6 heteroatoms. The molecule has 0 unspecified atom stereocenters. The van der Waals surface area contributed by atoms with Gasteiger partial charge in [-0.15, -0.1) is 0 Å². The van der Waals surface area contributed by atoms with Crippen molar-refractivity contribution in [3.05, 3.63) is 35.8 Å². The van der Waals surface area contributed by atoms with E-state index in [9.17, 15) is 4.79 Å². The Morgan fingerprint density at radius 2 is 2.12 bits per heavy atom. The molecule has 1 aliphatic rings. The lowest BCUT2D eigenvalue weighted by atomic mass is 10.2. The zero-order valence-corrected chi connectivity index (χ0v) is 14.7. The Morgan fingerprint density at radius 1 is 1.38 bits per heavy atom. The van der Waals surface area contributed by atoms with Crippen LogP contribution in [0.2, 0.25) is 0 Å². The topological polar surface area (TPSA) is 58.9 Å². The third-order valence-corrected chi connectivity index (χ3v) is 4.31. The fourth-order valence-corrected chi connectivity index (χ4v) is 3.34. The SMILES string of the molecule is Cc1cccn2cc(CC(=O)NCCN3C[C@@H](C)O[C@@H](C)C3)nc12. The first-order valence-electron chi connectivity index (χ1n) is 8.59. The summed E-state index contributed by atoms with van der Waals surface area (Å²) in [4.78, 5) is 19.0. The van der Waals surface area contributed by atoms with Crippen molar-refractivity contribution in [2.75, 3.05) is 26.2 Å². The maximum atomic E-state index is 12.1. The number of aryl methyl sites for hydroxylation is 1. The number of fused-ring (bicyclic) bond motifs is 1. The minimum atomic E-state index is 0.0189. The van der Waals surface area contributed by atoms with Crippen LogP contribution in [0.1, 0.15) is 25.1 Å². The minimum absolute atomic E-state index is 0.0189. The smallest absolute Gasteiger partial charge is 0.226 e. The van der Waals surface area contributed by atoms with E-state index in [0.29, 0.717) is 13.0 Å². The Balaban J connectivity index is 1.47. The van der Waals surface area contributed by atoms with E-state index in [2.05, 4.69) is 29.0 Å². The van der Waals surface area contributed by atoms with Gasteiger partial charge in [0.15, 0.2) is 0 Å². The number of nitrogens with zero attached hydrogens (tertiary/aromatic N) is 3. The van der Waals surface area contributed by atoms with Crippen LogP contribution in [0, 0.1) is 6.92 Å². The molecule has 0 spiro atoms. The monoisotopic (exact) mass is 330 g/mol. The van der Waals surface area contributed by atoms with Gasteiger partial charge in [0.1, 0.15) is 5.65 Å². The number of aromatic nitrogens is 2. The molecule has 2 aromatic rings. The van der Waals surface area contributed by atoms with Crippen molar-refractivity contribution in [1.29, 1.82) is 0 Å². The maximum absolute atomic E-state index is 12.1. The molecular weight excluding hydrogens is 304 g/mol. The molecule has 1 fully saturated rings. The van der Waals surface area contributed by atoms with Crippen LogP contribution in [0.15, 0.2) is 24.5 Å². The molecule has 0 radical (unpaired) electrons. The minimum Gasteiger partial charge on any atom is -0.373 e. The van der Waals surface area contributed by atoms with Gasteiger partial charge in [-0.05, 0) is 32.4 Å². The average molecular weight is 330 g/mol. The molecule has 2 atom stereocenters. The van der Waals surface area contributed by atoms with Crippen molar-refractivity contribution in [2.24, 2.45) is 0 Å². The molecule has 0 bridgehead atoms. The quantitative estimate of drug-likeness (QED) is 0.900. The van der Waals surface area contributed by atoms with E-state index >= 15 is 0 Å². The van der Waals surface area contributed by atoms with E-state index in [0.717, 1.165) is 36.5 Å². The number of rotatable bonds is 5. The molecule has 3 heterocycles. The molecule has 1 saturated heterocycles. The van der Waals surface area contributed by atoms with Crippen LogP contribution in [0.25, 0.3) is 5.65 Å². The van der Waals surface area contributed by atoms with Gasteiger partial charge in [0.2, 0.25) is 5.91 Å². The van der Waals surface area contributed by atoms with Crippen LogP contribution >= 0.6 is 0 Å².